The SMILES string of the molecule is C=C/C=C/CCC/C=C(/CCCCC=C)C(=O)OCC. The van der Waals surface area contributed by atoms with Gasteiger partial charge in [0.05, 0.1) is 6.61 Å². The molecule has 0 aliphatic rings. The molecule has 0 fully saturated rings. The number of rotatable bonds is 12. The third kappa shape index (κ3) is 10.4. The van der Waals surface area contributed by atoms with Crippen molar-refractivity contribution in [1.29, 1.82) is 0 Å². The summed E-state index contributed by atoms with van der Waals surface area (Å²) in [5, 5.41) is 0. The third-order valence-electron chi connectivity index (χ3n) is 2.88. The van der Waals surface area contributed by atoms with Crippen LogP contribution in [0.2, 0.25) is 0 Å². The van der Waals surface area contributed by atoms with Gasteiger partial charge in [-0.15, -0.1) is 6.58 Å². The molecule has 0 heterocycles. The fourth-order valence-electron chi connectivity index (χ4n) is 1.82. The highest BCUT2D eigenvalue weighted by atomic mass is 16.5. The van der Waals surface area contributed by atoms with Crippen LogP contribution >= 0.6 is 0 Å². The van der Waals surface area contributed by atoms with Crippen molar-refractivity contribution in [2.24, 2.45) is 0 Å². The molecular formula is C18H28O2. The number of esters is 1. The van der Waals surface area contributed by atoms with Crippen LogP contribution in [-0.4, -0.2) is 12.6 Å². The number of unbranched alkanes of at least 4 members (excludes halogenated alkanes) is 4. The zero-order chi connectivity index (χ0) is 15.1. The molecule has 0 unspecified atom stereocenters. The van der Waals surface area contributed by atoms with Crippen molar-refractivity contribution in [3.8, 4) is 0 Å². The molecule has 0 rings (SSSR count). The van der Waals surface area contributed by atoms with Crippen molar-refractivity contribution in [3.63, 3.8) is 0 Å². The molecule has 2 nitrogen and oxygen atoms in total. The van der Waals surface area contributed by atoms with Gasteiger partial charge in [0.15, 0.2) is 0 Å². The summed E-state index contributed by atoms with van der Waals surface area (Å²) in [7, 11) is 0. The van der Waals surface area contributed by atoms with Crippen molar-refractivity contribution in [1.82, 2.24) is 0 Å². The predicted octanol–water partition coefficient (Wildman–Crippen LogP) is 5.13. The lowest BCUT2D eigenvalue weighted by Gasteiger charge is -2.07. The highest BCUT2D eigenvalue weighted by Crippen LogP contribution is 2.13. The molecule has 20 heavy (non-hydrogen) atoms. The monoisotopic (exact) mass is 276 g/mol. The van der Waals surface area contributed by atoms with E-state index in [1.54, 1.807) is 6.08 Å². The maximum atomic E-state index is 11.8. The molecule has 0 amide bonds. The Bertz CT molecular complexity index is 337. The van der Waals surface area contributed by atoms with Crippen molar-refractivity contribution in [3.05, 3.63) is 49.1 Å². The molecule has 0 aliphatic heterocycles. The second-order valence-electron chi connectivity index (χ2n) is 4.58. The van der Waals surface area contributed by atoms with Crippen molar-refractivity contribution in [2.75, 3.05) is 6.61 Å². The van der Waals surface area contributed by atoms with Gasteiger partial charge in [0, 0.05) is 5.57 Å². The molecule has 0 saturated carbocycles. The lowest BCUT2D eigenvalue weighted by molar-refractivity contribution is -0.138. The van der Waals surface area contributed by atoms with Crippen LogP contribution < -0.4 is 0 Å². The highest BCUT2D eigenvalue weighted by molar-refractivity contribution is 5.88. The third-order valence-corrected chi connectivity index (χ3v) is 2.88. The van der Waals surface area contributed by atoms with E-state index in [1.165, 1.54) is 0 Å². The number of allylic oxidation sites excluding steroid dienone is 5. The van der Waals surface area contributed by atoms with Crippen LogP contribution in [0.1, 0.15) is 51.9 Å². The summed E-state index contributed by atoms with van der Waals surface area (Å²) in [4.78, 5) is 11.8. The Morgan fingerprint density at radius 2 is 1.90 bits per heavy atom. The van der Waals surface area contributed by atoms with Crippen LogP contribution in [0, 0.1) is 0 Å². The maximum Gasteiger partial charge on any atom is 0.333 e. The van der Waals surface area contributed by atoms with Crippen LogP contribution in [0.4, 0.5) is 0 Å². The Balaban J connectivity index is 4.20. The van der Waals surface area contributed by atoms with Gasteiger partial charge in [-0.3, -0.25) is 0 Å². The van der Waals surface area contributed by atoms with Crippen LogP contribution in [0.5, 0.6) is 0 Å². The van der Waals surface area contributed by atoms with Gasteiger partial charge < -0.3 is 4.74 Å². The number of carbonyl (C=O) groups is 1. The molecule has 0 radical (unpaired) electrons. The fourth-order valence-corrected chi connectivity index (χ4v) is 1.82. The van der Waals surface area contributed by atoms with E-state index in [4.69, 9.17) is 4.74 Å². The van der Waals surface area contributed by atoms with Gasteiger partial charge in [0.1, 0.15) is 0 Å². The molecule has 0 saturated heterocycles. The minimum absolute atomic E-state index is 0.160. The Labute approximate surface area is 123 Å². The van der Waals surface area contributed by atoms with Gasteiger partial charge in [-0.1, -0.05) is 37.0 Å². The lowest BCUT2D eigenvalue weighted by Crippen LogP contribution is -2.08. The summed E-state index contributed by atoms with van der Waals surface area (Å²) in [6.45, 7) is 9.62. The second-order valence-corrected chi connectivity index (χ2v) is 4.58. The van der Waals surface area contributed by atoms with Crippen LogP contribution in [0.25, 0.3) is 0 Å². The van der Waals surface area contributed by atoms with E-state index in [0.29, 0.717) is 6.61 Å². The first kappa shape index (κ1) is 18.4. The summed E-state index contributed by atoms with van der Waals surface area (Å²) >= 11 is 0. The summed E-state index contributed by atoms with van der Waals surface area (Å²) < 4.78 is 5.10. The topological polar surface area (TPSA) is 26.3 Å². The molecule has 0 aliphatic carbocycles. The maximum absolute atomic E-state index is 11.8. The molecule has 0 aromatic carbocycles. The highest BCUT2D eigenvalue weighted by Gasteiger charge is 2.09. The van der Waals surface area contributed by atoms with Gasteiger partial charge in [-0.25, -0.2) is 4.79 Å². The zero-order valence-electron chi connectivity index (χ0n) is 12.8. The zero-order valence-corrected chi connectivity index (χ0v) is 12.8. The first-order valence-electron chi connectivity index (χ1n) is 7.50. The summed E-state index contributed by atoms with van der Waals surface area (Å²) in [6.07, 6.45) is 16.6. The second kappa shape index (κ2) is 13.9. The first-order chi connectivity index (χ1) is 9.76. The molecule has 2 heteroatoms. The van der Waals surface area contributed by atoms with Gasteiger partial charge in [0.25, 0.3) is 0 Å². The van der Waals surface area contributed by atoms with Gasteiger partial charge in [-0.05, 0) is 51.9 Å². The van der Waals surface area contributed by atoms with Gasteiger partial charge in [-0.2, -0.15) is 0 Å². The van der Waals surface area contributed by atoms with Crippen molar-refractivity contribution < 1.29 is 9.53 Å². The Morgan fingerprint density at radius 1 is 1.10 bits per heavy atom. The molecule has 112 valence electrons. The van der Waals surface area contributed by atoms with Crippen LogP contribution in [0.15, 0.2) is 49.1 Å². The molecule has 0 aromatic rings. The average Bonchev–Trinajstić information content (AvgIpc) is 2.45. The minimum atomic E-state index is -0.160. The number of ether oxygens (including phenoxy) is 1. The van der Waals surface area contributed by atoms with E-state index in [2.05, 4.69) is 19.2 Å². The molecule has 0 spiro atoms. The molecule has 0 N–H and O–H groups in total. The molecule has 0 bridgehead atoms. The fraction of sp³-hybridized carbons (Fsp3) is 0.500. The van der Waals surface area contributed by atoms with Crippen LogP contribution in [0.3, 0.4) is 0 Å². The molecule has 0 atom stereocenters. The Hall–Kier alpha value is -1.57. The van der Waals surface area contributed by atoms with E-state index in [1.807, 2.05) is 25.2 Å². The smallest absolute Gasteiger partial charge is 0.333 e. The number of hydrogen-bond donors (Lipinski definition) is 0. The van der Waals surface area contributed by atoms with E-state index >= 15 is 0 Å². The minimum Gasteiger partial charge on any atom is -0.463 e. The van der Waals surface area contributed by atoms with Gasteiger partial charge in [0.2, 0.25) is 0 Å². The normalized spacial score (nSPS) is 11.6. The van der Waals surface area contributed by atoms with E-state index in [-0.39, 0.29) is 5.97 Å². The average molecular weight is 276 g/mol. The van der Waals surface area contributed by atoms with Crippen molar-refractivity contribution >= 4 is 5.97 Å². The largest absolute Gasteiger partial charge is 0.463 e. The predicted molar refractivity (Wildman–Crippen MR) is 86.6 cm³/mol. The van der Waals surface area contributed by atoms with E-state index < -0.39 is 0 Å². The Kier molecular flexibility index (Phi) is 12.8. The first-order valence-corrected chi connectivity index (χ1v) is 7.50. The van der Waals surface area contributed by atoms with Crippen LogP contribution in [-0.2, 0) is 9.53 Å². The molecule has 0 aromatic heterocycles. The van der Waals surface area contributed by atoms with Crippen molar-refractivity contribution in [2.45, 2.75) is 51.9 Å². The number of hydrogen-bond acceptors (Lipinski definition) is 2. The Morgan fingerprint density at radius 3 is 2.55 bits per heavy atom. The molecular weight excluding hydrogens is 248 g/mol. The van der Waals surface area contributed by atoms with E-state index in [0.717, 1.165) is 50.5 Å². The number of carbonyl (C=O) groups excluding carboxylic acids is 1. The standard InChI is InChI=1S/C18H28O2/c1-4-7-9-11-12-14-16-17(18(19)20-6-3)15-13-10-8-5-2/h4-5,7,9,16H,1-2,6,8,10-15H2,3H3/b9-7+,17-16-. The van der Waals surface area contributed by atoms with Gasteiger partial charge >= 0.3 is 5.97 Å². The van der Waals surface area contributed by atoms with E-state index in [9.17, 15) is 4.79 Å². The quantitative estimate of drug-likeness (QED) is 0.162. The summed E-state index contributed by atoms with van der Waals surface area (Å²) in [5.74, 6) is -0.160. The lowest BCUT2D eigenvalue weighted by atomic mass is 10.0. The summed E-state index contributed by atoms with van der Waals surface area (Å²) in [6, 6.07) is 0. The summed E-state index contributed by atoms with van der Waals surface area (Å²) in [5.41, 5.74) is 0.823.